The van der Waals surface area contributed by atoms with E-state index >= 15 is 0 Å². The molecule has 4 nitrogen and oxygen atoms in total. The van der Waals surface area contributed by atoms with Crippen molar-refractivity contribution in [3.8, 4) is 0 Å². The van der Waals surface area contributed by atoms with Crippen LogP contribution in [0, 0.1) is 0 Å². The Labute approximate surface area is 121 Å². The van der Waals surface area contributed by atoms with Crippen LogP contribution >= 0.6 is 0 Å². The molecule has 1 saturated heterocycles. The second-order valence-corrected chi connectivity index (χ2v) is 7.36. The van der Waals surface area contributed by atoms with Crippen LogP contribution in [0.1, 0.15) is 50.7 Å². The van der Waals surface area contributed by atoms with Crippen LogP contribution in [0.4, 0.5) is 0 Å². The number of hydrogen-bond acceptors (Lipinski definition) is 3. The van der Waals surface area contributed by atoms with E-state index in [0.29, 0.717) is 18.7 Å². The van der Waals surface area contributed by atoms with E-state index in [1.54, 1.807) is 35.5 Å². The van der Waals surface area contributed by atoms with Crippen LogP contribution in [-0.4, -0.2) is 30.9 Å². The predicted octanol–water partition coefficient (Wildman–Crippen LogP) is 2.69. The van der Waals surface area contributed by atoms with Gasteiger partial charge in [-0.1, -0.05) is 31.4 Å². The van der Waals surface area contributed by atoms with E-state index < -0.39 is 16.1 Å². The van der Waals surface area contributed by atoms with Crippen LogP contribution in [-0.2, 0) is 10.0 Å². The zero-order valence-electron chi connectivity index (χ0n) is 12.0. The maximum absolute atomic E-state index is 12.7. The first-order valence-electron chi connectivity index (χ1n) is 7.30. The Morgan fingerprint density at radius 1 is 1.10 bits per heavy atom. The Morgan fingerprint density at radius 3 is 2.30 bits per heavy atom. The van der Waals surface area contributed by atoms with Gasteiger partial charge in [0.05, 0.1) is 11.0 Å². The van der Waals surface area contributed by atoms with Crippen molar-refractivity contribution in [2.45, 2.75) is 50.0 Å². The van der Waals surface area contributed by atoms with Gasteiger partial charge in [-0.05, 0) is 37.5 Å². The average molecular weight is 297 g/mol. The molecule has 0 spiro atoms. The number of aliphatic hydroxyl groups excluding tert-OH is 1. The molecule has 0 aliphatic carbocycles. The van der Waals surface area contributed by atoms with Crippen LogP contribution in [0.5, 0.6) is 0 Å². The summed E-state index contributed by atoms with van der Waals surface area (Å²) < 4.78 is 26.9. The Bertz CT molecular complexity index is 532. The first-order chi connectivity index (χ1) is 9.51. The van der Waals surface area contributed by atoms with Gasteiger partial charge in [0.25, 0.3) is 0 Å². The SMILES string of the molecule is CC(O)c1cccc(S(=O)(=O)N2CCCCCCC2)c1. The monoisotopic (exact) mass is 297 g/mol. The summed E-state index contributed by atoms with van der Waals surface area (Å²) in [6, 6.07) is 6.63. The molecule has 0 amide bonds. The second kappa shape index (κ2) is 6.70. The van der Waals surface area contributed by atoms with Gasteiger partial charge < -0.3 is 5.11 Å². The summed E-state index contributed by atoms with van der Waals surface area (Å²) in [7, 11) is -3.44. The Hall–Kier alpha value is -0.910. The van der Waals surface area contributed by atoms with E-state index in [2.05, 4.69) is 0 Å². The fourth-order valence-electron chi connectivity index (χ4n) is 2.54. The lowest BCUT2D eigenvalue weighted by atomic mass is 10.1. The molecule has 5 heteroatoms. The number of hydrogen-bond donors (Lipinski definition) is 1. The molecule has 1 atom stereocenters. The highest BCUT2D eigenvalue weighted by Gasteiger charge is 2.24. The highest BCUT2D eigenvalue weighted by Crippen LogP contribution is 2.22. The number of benzene rings is 1. The lowest BCUT2D eigenvalue weighted by Crippen LogP contribution is -2.33. The fourth-order valence-corrected chi connectivity index (χ4v) is 4.12. The Morgan fingerprint density at radius 2 is 1.70 bits per heavy atom. The maximum atomic E-state index is 12.7. The van der Waals surface area contributed by atoms with Crippen LogP contribution in [0.3, 0.4) is 0 Å². The van der Waals surface area contributed by atoms with E-state index in [0.717, 1.165) is 25.7 Å². The number of rotatable bonds is 3. The highest BCUT2D eigenvalue weighted by molar-refractivity contribution is 7.89. The van der Waals surface area contributed by atoms with Gasteiger partial charge in [0.15, 0.2) is 0 Å². The Kier molecular flexibility index (Phi) is 5.18. The quantitative estimate of drug-likeness (QED) is 0.933. The molecular weight excluding hydrogens is 274 g/mol. The van der Waals surface area contributed by atoms with Crippen molar-refractivity contribution in [1.82, 2.24) is 4.31 Å². The van der Waals surface area contributed by atoms with Gasteiger partial charge in [0, 0.05) is 13.1 Å². The molecule has 1 N–H and O–H groups in total. The minimum Gasteiger partial charge on any atom is -0.389 e. The number of nitrogens with zero attached hydrogens (tertiary/aromatic N) is 1. The fraction of sp³-hybridized carbons (Fsp3) is 0.600. The molecule has 1 heterocycles. The minimum absolute atomic E-state index is 0.288. The molecule has 20 heavy (non-hydrogen) atoms. The summed E-state index contributed by atoms with van der Waals surface area (Å²) in [5, 5.41) is 9.60. The largest absolute Gasteiger partial charge is 0.389 e. The zero-order chi connectivity index (χ0) is 14.6. The molecule has 0 bridgehead atoms. The summed E-state index contributed by atoms with van der Waals surface area (Å²) in [5.41, 5.74) is 0.637. The van der Waals surface area contributed by atoms with Gasteiger partial charge in [-0.2, -0.15) is 4.31 Å². The molecular formula is C15H23NO3S. The first-order valence-corrected chi connectivity index (χ1v) is 8.74. The van der Waals surface area contributed by atoms with Gasteiger partial charge in [0.2, 0.25) is 10.0 Å². The molecule has 1 aromatic carbocycles. The van der Waals surface area contributed by atoms with Crippen molar-refractivity contribution >= 4 is 10.0 Å². The molecule has 1 aliphatic heterocycles. The van der Waals surface area contributed by atoms with E-state index in [4.69, 9.17) is 0 Å². The number of sulfonamides is 1. The predicted molar refractivity (Wildman–Crippen MR) is 78.9 cm³/mol. The molecule has 0 aromatic heterocycles. The molecule has 0 radical (unpaired) electrons. The topological polar surface area (TPSA) is 57.6 Å². The van der Waals surface area contributed by atoms with Gasteiger partial charge in [-0.15, -0.1) is 0 Å². The van der Waals surface area contributed by atoms with Crippen molar-refractivity contribution in [2.24, 2.45) is 0 Å². The standard InChI is InChI=1S/C15H23NO3S/c1-13(17)14-8-7-9-15(12-14)20(18,19)16-10-5-3-2-4-6-11-16/h7-9,12-13,17H,2-6,10-11H2,1H3. The minimum atomic E-state index is -3.44. The van der Waals surface area contributed by atoms with Gasteiger partial charge in [-0.3, -0.25) is 0 Å². The highest BCUT2D eigenvalue weighted by atomic mass is 32.2. The van der Waals surface area contributed by atoms with Crippen LogP contribution in [0.25, 0.3) is 0 Å². The van der Waals surface area contributed by atoms with Gasteiger partial charge in [-0.25, -0.2) is 8.42 Å². The molecule has 112 valence electrons. The third-order valence-electron chi connectivity index (χ3n) is 3.79. The smallest absolute Gasteiger partial charge is 0.243 e. The lowest BCUT2D eigenvalue weighted by Gasteiger charge is -2.24. The summed E-state index contributed by atoms with van der Waals surface area (Å²) in [5.74, 6) is 0. The first kappa shape index (κ1) is 15.5. The van der Waals surface area contributed by atoms with E-state index in [9.17, 15) is 13.5 Å². The van der Waals surface area contributed by atoms with Crippen molar-refractivity contribution in [3.05, 3.63) is 29.8 Å². The molecule has 2 rings (SSSR count). The van der Waals surface area contributed by atoms with Crippen LogP contribution in [0.15, 0.2) is 29.2 Å². The van der Waals surface area contributed by atoms with Crippen molar-refractivity contribution < 1.29 is 13.5 Å². The third kappa shape index (κ3) is 3.59. The van der Waals surface area contributed by atoms with Crippen LogP contribution < -0.4 is 0 Å². The van der Waals surface area contributed by atoms with E-state index in [1.165, 1.54) is 6.42 Å². The lowest BCUT2D eigenvalue weighted by molar-refractivity contribution is 0.199. The third-order valence-corrected chi connectivity index (χ3v) is 5.69. The van der Waals surface area contributed by atoms with Crippen molar-refractivity contribution in [1.29, 1.82) is 0 Å². The van der Waals surface area contributed by atoms with E-state index in [1.807, 2.05) is 0 Å². The normalized spacial score (nSPS) is 20.1. The molecule has 1 aliphatic rings. The van der Waals surface area contributed by atoms with Crippen LogP contribution in [0.2, 0.25) is 0 Å². The summed E-state index contributed by atoms with van der Waals surface area (Å²) >= 11 is 0. The maximum Gasteiger partial charge on any atom is 0.243 e. The summed E-state index contributed by atoms with van der Waals surface area (Å²) in [6.45, 7) is 2.84. The average Bonchev–Trinajstić information content (AvgIpc) is 2.38. The van der Waals surface area contributed by atoms with E-state index in [-0.39, 0.29) is 4.90 Å². The van der Waals surface area contributed by atoms with Gasteiger partial charge >= 0.3 is 0 Å². The van der Waals surface area contributed by atoms with Crippen molar-refractivity contribution in [2.75, 3.05) is 13.1 Å². The second-order valence-electron chi connectivity index (χ2n) is 5.42. The molecule has 1 fully saturated rings. The van der Waals surface area contributed by atoms with Crippen molar-refractivity contribution in [3.63, 3.8) is 0 Å². The molecule has 1 unspecified atom stereocenters. The summed E-state index contributed by atoms with van der Waals surface area (Å²) in [6.07, 6.45) is 4.59. The molecule has 0 saturated carbocycles. The molecule has 1 aromatic rings. The van der Waals surface area contributed by atoms with Gasteiger partial charge in [0.1, 0.15) is 0 Å². The number of aliphatic hydroxyl groups is 1. The summed E-state index contributed by atoms with van der Waals surface area (Å²) in [4.78, 5) is 0.288. The Balaban J connectivity index is 2.26. The zero-order valence-corrected chi connectivity index (χ0v) is 12.8.